The molecule has 0 saturated carbocycles. The highest BCUT2D eigenvalue weighted by molar-refractivity contribution is 7.92. The molecule has 3 rings (SSSR count). The molecule has 1 amide bonds. The summed E-state index contributed by atoms with van der Waals surface area (Å²) in [5.74, 6) is -0.383. The molecule has 30 heavy (non-hydrogen) atoms. The van der Waals surface area contributed by atoms with Crippen molar-refractivity contribution in [1.29, 1.82) is 0 Å². The number of likely N-dealkylation sites (N-methyl/N-ethyl adjacent to an activating group) is 1. The Balaban J connectivity index is 1.77. The second-order valence-electron chi connectivity index (χ2n) is 6.78. The number of anilines is 1. The van der Waals surface area contributed by atoms with E-state index in [1.807, 2.05) is 30.3 Å². The number of benzene rings is 2. The summed E-state index contributed by atoms with van der Waals surface area (Å²) in [4.78, 5) is 18.5. The molecule has 0 fully saturated rings. The SMILES string of the molecule is C[C@H](C(=O)N(C)Cc1nc(-c2ccccc2)no1)N(c1ccc(F)cc1)S(C)(=O)=O. The van der Waals surface area contributed by atoms with E-state index in [1.54, 1.807) is 0 Å². The molecule has 1 heterocycles. The Bertz CT molecular complexity index is 1120. The largest absolute Gasteiger partial charge is 0.337 e. The van der Waals surface area contributed by atoms with E-state index in [2.05, 4.69) is 10.1 Å². The minimum absolute atomic E-state index is 0.00399. The van der Waals surface area contributed by atoms with Crippen LogP contribution in [0.15, 0.2) is 59.1 Å². The summed E-state index contributed by atoms with van der Waals surface area (Å²) in [6.07, 6.45) is 0.990. The Morgan fingerprint density at radius 3 is 2.37 bits per heavy atom. The van der Waals surface area contributed by atoms with E-state index in [1.165, 1.54) is 31.0 Å². The topological polar surface area (TPSA) is 96.6 Å². The smallest absolute Gasteiger partial charge is 0.246 e. The molecule has 158 valence electrons. The number of nitrogens with zero attached hydrogens (tertiary/aromatic N) is 4. The quantitative estimate of drug-likeness (QED) is 0.570. The summed E-state index contributed by atoms with van der Waals surface area (Å²) in [6, 6.07) is 13.1. The number of rotatable bonds is 7. The molecular weight excluding hydrogens is 411 g/mol. The molecule has 1 atom stereocenters. The molecule has 0 spiro atoms. The van der Waals surface area contributed by atoms with Gasteiger partial charge in [-0.15, -0.1) is 0 Å². The zero-order chi connectivity index (χ0) is 21.9. The third-order valence-corrected chi connectivity index (χ3v) is 5.64. The molecular formula is C20H21FN4O4S. The Morgan fingerprint density at radius 1 is 1.13 bits per heavy atom. The molecule has 0 saturated heterocycles. The third kappa shape index (κ3) is 4.82. The van der Waals surface area contributed by atoms with Crippen LogP contribution in [-0.4, -0.2) is 48.7 Å². The first-order valence-electron chi connectivity index (χ1n) is 9.05. The van der Waals surface area contributed by atoms with Gasteiger partial charge in [0.25, 0.3) is 0 Å². The van der Waals surface area contributed by atoms with Gasteiger partial charge in [-0.05, 0) is 31.2 Å². The van der Waals surface area contributed by atoms with E-state index >= 15 is 0 Å². The number of carbonyl (C=O) groups is 1. The van der Waals surface area contributed by atoms with Gasteiger partial charge < -0.3 is 9.42 Å². The van der Waals surface area contributed by atoms with Crippen molar-refractivity contribution < 1.29 is 22.1 Å². The molecule has 0 aliphatic heterocycles. The third-order valence-electron chi connectivity index (χ3n) is 4.40. The van der Waals surface area contributed by atoms with Crippen LogP contribution in [0.4, 0.5) is 10.1 Å². The van der Waals surface area contributed by atoms with E-state index in [-0.39, 0.29) is 18.1 Å². The minimum atomic E-state index is -3.80. The van der Waals surface area contributed by atoms with Crippen LogP contribution in [0.2, 0.25) is 0 Å². The highest BCUT2D eigenvalue weighted by Crippen LogP contribution is 2.22. The number of aromatic nitrogens is 2. The number of amides is 1. The van der Waals surface area contributed by atoms with E-state index in [9.17, 15) is 17.6 Å². The van der Waals surface area contributed by atoms with Gasteiger partial charge in [0.1, 0.15) is 11.9 Å². The van der Waals surface area contributed by atoms with Crippen LogP contribution < -0.4 is 4.31 Å². The molecule has 0 N–H and O–H groups in total. The molecule has 10 heteroatoms. The maximum atomic E-state index is 13.2. The summed E-state index contributed by atoms with van der Waals surface area (Å²) in [5, 5.41) is 3.91. The number of carbonyl (C=O) groups excluding carboxylic acids is 1. The van der Waals surface area contributed by atoms with Gasteiger partial charge in [0.05, 0.1) is 18.5 Å². The van der Waals surface area contributed by atoms with Gasteiger partial charge >= 0.3 is 0 Å². The summed E-state index contributed by atoms with van der Waals surface area (Å²) in [7, 11) is -2.29. The molecule has 1 aromatic heterocycles. The van der Waals surface area contributed by atoms with Crippen molar-refractivity contribution in [2.75, 3.05) is 17.6 Å². The predicted molar refractivity (Wildman–Crippen MR) is 109 cm³/mol. The molecule has 0 unspecified atom stereocenters. The minimum Gasteiger partial charge on any atom is -0.337 e. The molecule has 2 aromatic carbocycles. The maximum absolute atomic E-state index is 13.2. The normalized spacial score (nSPS) is 12.4. The highest BCUT2D eigenvalue weighted by atomic mass is 32.2. The molecule has 8 nitrogen and oxygen atoms in total. The number of sulfonamides is 1. The van der Waals surface area contributed by atoms with Crippen LogP contribution >= 0.6 is 0 Å². The van der Waals surface area contributed by atoms with Gasteiger partial charge in [-0.25, -0.2) is 12.8 Å². The molecule has 0 aliphatic carbocycles. The van der Waals surface area contributed by atoms with Crippen molar-refractivity contribution in [2.45, 2.75) is 19.5 Å². The van der Waals surface area contributed by atoms with E-state index in [0.29, 0.717) is 5.82 Å². The van der Waals surface area contributed by atoms with Crippen LogP contribution in [0.3, 0.4) is 0 Å². The van der Waals surface area contributed by atoms with Crippen molar-refractivity contribution in [3.05, 3.63) is 66.3 Å². The number of hydrogen-bond donors (Lipinski definition) is 0. The predicted octanol–water partition coefficient (Wildman–Crippen LogP) is 2.69. The second kappa shape index (κ2) is 8.62. The van der Waals surface area contributed by atoms with Crippen LogP contribution in [0.5, 0.6) is 0 Å². The Labute approximate surface area is 174 Å². The average Bonchev–Trinajstić information content (AvgIpc) is 3.17. The summed E-state index contributed by atoms with van der Waals surface area (Å²) in [5.41, 5.74) is 0.965. The van der Waals surface area contributed by atoms with Gasteiger partial charge in [-0.1, -0.05) is 35.5 Å². The van der Waals surface area contributed by atoms with Crippen LogP contribution in [0.1, 0.15) is 12.8 Å². The first-order chi connectivity index (χ1) is 14.2. The standard InChI is InChI=1S/C20H21FN4O4S/c1-14(25(30(3,27)28)17-11-9-16(21)10-12-17)20(26)24(2)13-18-22-19(23-29-18)15-7-5-4-6-8-15/h4-12,14H,13H2,1-3H3/t14-/m1/s1. The van der Waals surface area contributed by atoms with Crippen LogP contribution in [0.25, 0.3) is 11.4 Å². The second-order valence-corrected chi connectivity index (χ2v) is 8.64. The van der Waals surface area contributed by atoms with Crippen molar-refractivity contribution >= 4 is 21.6 Å². The lowest BCUT2D eigenvalue weighted by Crippen LogP contribution is -2.48. The van der Waals surface area contributed by atoms with Gasteiger partial charge in [-0.2, -0.15) is 4.98 Å². The van der Waals surface area contributed by atoms with Crippen LogP contribution in [-0.2, 0) is 21.4 Å². The Hall–Kier alpha value is -3.27. The lowest BCUT2D eigenvalue weighted by molar-refractivity contribution is -0.131. The monoisotopic (exact) mass is 432 g/mol. The summed E-state index contributed by atoms with van der Waals surface area (Å²) in [6.45, 7) is 1.47. The highest BCUT2D eigenvalue weighted by Gasteiger charge is 2.31. The zero-order valence-electron chi connectivity index (χ0n) is 16.7. The maximum Gasteiger partial charge on any atom is 0.246 e. The van der Waals surface area contributed by atoms with Crippen LogP contribution in [0, 0.1) is 5.82 Å². The number of hydrogen-bond acceptors (Lipinski definition) is 6. The van der Waals surface area contributed by atoms with E-state index in [0.717, 1.165) is 28.3 Å². The van der Waals surface area contributed by atoms with Gasteiger partial charge in [0.2, 0.25) is 27.6 Å². The molecule has 3 aromatic rings. The van der Waals surface area contributed by atoms with Crippen molar-refractivity contribution in [3.63, 3.8) is 0 Å². The van der Waals surface area contributed by atoms with Crippen molar-refractivity contribution in [2.24, 2.45) is 0 Å². The Kier molecular flexibility index (Phi) is 6.16. The fourth-order valence-electron chi connectivity index (χ4n) is 3.01. The lowest BCUT2D eigenvalue weighted by Gasteiger charge is -2.30. The average molecular weight is 432 g/mol. The van der Waals surface area contributed by atoms with E-state index < -0.39 is 27.8 Å². The fraction of sp³-hybridized carbons (Fsp3) is 0.250. The number of halogens is 1. The van der Waals surface area contributed by atoms with Crippen molar-refractivity contribution in [1.82, 2.24) is 15.0 Å². The van der Waals surface area contributed by atoms with Gasteiger partial charge in [0, 0.05) is 12.6 Å². The molecule has 0 bridgehead atoms. The Morgan fingerprint density at radius 2 is 1.77 bits per heavy atom. The fourth-order valence-corrected chi connectivity index (χ4v) is 4.18. The zero-order valence-corrected chi connectivity index (χ0v) is 17.5. The van der Waals surface area contributed by atoms with Gasteiger partial charge in [0.15, 0.2) is 0 Å². The summed E-state index contributed by atoms with van der Waals surface area (Å²) >= 11 is 0. The van der Waals surface area contributed by atoms with Gasteiger partial charge in [-0.3, -0.25) is 9.10 Å². The summed E-state index contributed by atoms with van der Waals surface area (Å²) < 4.78 is 44.1. The molecule has 0 aliphatic rings. The lowest BCUT2D eigenvalue weighted by atomic mass is 10.2. The molecule has 0 radical (unpaired) electrons. The first-order valence-corrected chi connectivity index (χ1v) is 10.9. The van der Waals surface area contributed by atoms with E-state index in [4.69, 9.17) is 4.52 Å². The first kappa shape index (κ1) is 21.4. The van der Waals surface area contributed by atoms with Crippen molar-refractivity contribution in [3.8, 4) is 11.4 Å².